The molecule has 1 heterocycles. The number of nitrogens with zero attached hydrogens (tertiary/aromatic N) is 2. The van der Waals surface area contributed by atoms with Crippen LogP contribution in [0.25, 0.3) is 0 Å². The van der Waals surface area contributed by atoms with Crippen molar-refractivity contribution in [2.24, 2.45) is 5.10 Å². The van der Waals surface area contributed by atoms with Crippen LogP contribution in [0.4, 0.5) is 4.79 Å². The number of nitriles is 1. The van der Waals surface area contributed by atoms with E-state index in [9.17, 15) is 14.7 Å². The molecule has 3 rings (SSSR count). The van der Waals surface area contributed by atoms with E-state index in [1.54, 1.807) is 32.0 Å². The number of urea groups is 1. The third-order valence-corrected chi connectivity index (χ3v) is 5.97. The van der Waals surface area contributed by atoms with Gasteiger partial charge in [-0.05, 0) is 49.2 Å². The Morgan fingerprint density at radius 2 is 1.95 bits per heavy atom. The number of carbonyl (C=O) groups excluding carboxylic acids is 2. The summed E-state index contributed by atoms with van der Waals surface area (Å²) in [7, 11) is 1.26. The second-order valence-electron chi connectivity index (χ2n) is 8.18. The molecule has 1 aliphatic rings. The van der Waals surface area contributed by atoms with Gasteiger partial charge < -0.3 is 34.7 Å². The lowest BCUT2D eigenvalue weighted by molar-refractivity contribution is -0.136. The van der Waals surface area contributed by atoms with Crippen LogP contribution in [0.3, 0.4) is 0 Å². The quantitative estimate of drug-likeness (QED) is 0.125. The molecule has 0 saturated carbocycles. The Kier molecular flexibility index (Phi) is 10.8. The number of benzene rings is 2. The van der Waals surface area contributed by atoms with Gasteiger partial charge in [0.05, 0.1) is 41.6 Å². The molecule has 14 heteroatoms. The van der Waals surface area contributed by atoms with Gasteiger partial charge in [-0.2, -0.15) is 10.4 Å². The molecule has 212 valence electrons. The second kappa shape index (κ2) is 14.3. The van der Waals surface area contributed by atoms with Gasteiger partial charge in [0, 0.05) is 5.70 Å². The molecule has 40 heavy (non-hydrogen) atoms. The van der Waals surface area contributed by atoms with Crippen molar-refractivity contribution in [3.8, 4) is 23.3 Å². The van der Waals surface area contributed by atoms with Gasteiger partial charge in [-0.25, -0.2) is 9.59 Å². The summed E-state index contributed by atoms with van der Waals surface area (Å²) >= 11 is 12.3. The summed E-state index contributed by atoms with van der Waals surface area (Å²) in [6.07, 6.45) is 0.187. The molecule has 12 nitrogen and oxygen atoms in total. The zero-order chi connectivity index (χ0) is 29.2. The highest BCUT2D eigenvalue weighted by Gasteiger charge is 2.32. The van der Waals surface area contributed by atoms with E-state index in [1.807, 2.05) is 6.07 Å². The fourth-order valence-corrected chi connectivity index (χ4v) is 4.33. The number of esters is 1. The molecular formula is C26H27Cl2N5O7. The largest absolute Gasteiger partial charge is 0.490 e. The van der Waals surface area contributed by atoms with Gasteiger partial charge in [0.25, 0.3) is 0 Å². The molecule has 0 fully saturated rings. The highest BCUT2D eigenvalue weighted by molar-refractivity contribution is 6.37. The molecule has 1 aliphatic heterocycles. The third-order valence-electron chi connectivity index (χ3n) is 5.41. The first kappa shape index (κ1) is 30.4. The molecule has 0 bridgehead atoms. The maximum absolute atomic E-state index is 12.4. The lowest BCUT2D eigenvalue weighted by atomic mass is 9.95. The van der Waals surface area contributed by atoms with Crippen LogP contribution in [0.2, 0.25) is 10.0 Å². The van der Waals surface area contributed by atoms with E-state index >= 15 is 0 Å². The van der Waals surface area contributed by atoms with Crippen molar-refractivity contribution < 1.29 is 33.6 Å². The minimum atomic E-state index is -1.20. The Balaban J connectivity index is 1.68. The number of hydrogen-bond donors (Lipinski definition) is 4. The predicted octanol–water partition coefficient (Wildman–Crippen LogP) is 3.42. The number of ether oxygens (including phenoxy) is 4. The van der Waals surface area contributed by atoms with Gasteiger partial charge in [-0.15, -0.1) is 0 Å². The molecule has 0 unspecified atom stereocenters. The molecule has 0 saturated heterocycles. The highest BCUT2D eigenvalue weighted by Crippen LogP contribution is 2.35. The first-order valence-electron chi connectivity index (χ1n) is 11.9. The molecule has 0 radical (unpaired) electrons. The number of hydrazone groups is 1. The summed E-state index contributed by atoms with van der Waals surface area (Å²) in [5.41, 5.74) is 4.24. The van der Waals surface area contributed by atoms with Gasteiger partial charge >= 0.3 is 12.0 Å². The normalized spacial score (nSPS) is 15.5. The molecule has 0 aromatic heterocycles. The standard InChI is InChI=1S/C26H27Cl2N5O7/c1-4-38-20-11-16(23-22(25(35)37-3)14(2)31-26(36)32-23)5-6-19(20)40-13-21(34)33-30-12-15-9-17(27)24(18(28)10-15)39-8-7-29/h5-6,9-12,21,23,33-34H,4,8,13H2,1-3H3,(H2,31,32,36)/b30-12-/t21-,23+/m0/s1. The minimum Gasteiger partial charge on any atom is -0.490 e. The number of halogens is 2. The number of hydrogen-bond acceptors (Lipinski definition) is 10. The number of allylic oxidation sites excluding steroid dienone is 1. The van der Waals surface area contributed by atoms with E-state index in [-0.39, 0.29) is 34.6 Å². The topological polar surface area (TPSA) is 164 Å². The molecule has 4 N–H and O–H groups in total. The number of rotatable bonds is 12. The summed E-state index contributed by atoms with van der Waals surface area (Å²) < 4.78 is 21.5. The van der Waals surface area contributed by atoms with Crippen LogP contribution in [0.5, 0.6) is 17.2 Å². The number of carbonyl (C=O) groups is 2. The highest BCUT2D eigenvalue weighted by atomic mass is 35.5. The third kappa shape index (κ3) is 7.69. The maximum atomic E-state index is 12.4. The van der Waals surface area contributed by atoms with Crippen LogP contribution < -0.4 is 30.3 Å². The first-order chi connectivity index (χ1) is 19.2. The Morgan fingerprint density at radius 1 is 1.23 bits per heavy atom. The van der Waals surface area contributed by atoms with Crippen molar-refractivity contribution in [3.63, 3.8) is 0 Å². The maximum Gasteiger partial charge on any atom is 0.337 e. The molecule has 0 spiro atoms. The van der Waals surface area contributed by atoms with E-state index in [4.69, 9.17) is 47.4 Å². The summed E-state index contributed by atoms with van der Waals surface area (Å²) in [5.74, 6) is 0.265. The van der Waals surface area contributed by atoms with Gasteiger partial charge in [0.1, 0.15) is 12.7 Å². The van der Waals surface area contributed by atoms with Crippen LogP contribution in [0.1, 0.15) is 31.0 Å². The lowest BCUT2D eigenvalue weighted by Crippen LogP contribution is -2.45. The number of methoxy groups -OCH3 is 1. The average Bonchev–Trinajstić information content (AvgIpc) is 2.91. The van der Waals surface area contributed by atoms with Crippen LogP contribution in [0.15, 0.2) is 46.7 Å². The van der Waals surface area contributed by atoms with Crippen molar-refractivity contribution >= 4 is 41.4 Å². The van der Waals surface area contributed by atoms with E-state index in [0.717, 1.165) is 0 Å². The van der Waals surface area contributed by atoms with E-state index < -0.39 is 24.3 Å². The van der Waals surface area contributed by atoms with Crippen molar-refractivity contribution in [2.75, 3.05) is 26.9 Å². The second-order valence-corrected chi connectivity index (χ2v) is 8.99. The lowest BCUT2D eigenvalue weighted by Gasteiger charge is -2.28. The van der Waals surface area contributed by atoms with Crippen LogP contribution in [-0.2, 0) is 9.53 Å². The van der Waals surface area contributed by atoms with Crippen molar-refractivity contribution in [3.05, 3.63) is 62.8 Å². The summed E-state index contributed by atoms with van der Waals surface area (Å²) in [6, 6.07) is 8.59. The monoisotopic (exact) mass is 591 g/mol. The number of amides is 2. The van der Waals surface area contributed by atoms with Gasteiger partial charge in [-0.3, -0.25) is 5.43 Å². The van der Waals surface area contributed by atoms with Gasteiger partial charge in [0.2, 0.25) is 0 Å². The van der Waals surface area contributed by atoms with Gasteiger partial charge in [-0.1, -0.05) is 29.3 Å². The average molecular weight is 592 g/mol. The first-order valence-corrected chi connectivity index (χ1v) is 12.7. The van der Waals surface area contributed by atoms with Crippen molar-refractivity contribution in [1.82, 2.24) is 16.1 Å². The van der Waals surface area contributed by atoms with Crippen molar-refractivity contribution in [1.29, 1.82) is 5.26 Å². The van der Waals surface area contributed by atoms with Gasteiger partial charge in [0.15, 0.2) is 30.1 Å². The van der Waals surface area contributed by atoms with Crippen LogP contribution in [-0.4, -0.2) is 56.5 Å². The molecular weight excluding hydrogens is 565 g/mol. The Morgan fingerprint density at radius 3 is 2.60 bits per heavy atom. The SMILES string of the molecule is CCOc1cc([C@H]2NC(=O)NC(C)=C2C(=O)OC)ccc1OC[C@H](O)N/N=C\c1cc(Cl)c(OCC#N)c(Cl)c1. The zero-order valence-electron chi connectivity index (χ0n) is 21.8. The van der Waals surface area contributed by atoms with Crippen LogP contribution >= 0.6 is 23.2 Å². The fourth-order valence-electron chi connectivity index (χ4n) is 3.72. The smallest absolute Gasteiger partial charge is 0.337 e. The van der Waals surface area contributed by atoms with Crippen LogP contribution in [0, 0.1) is 11.3 Å². The summed E-state index contributed by atoms with van der Waals surface area (Å²) in [4.78, 5) is 24.5. The predicted molar refractivity (Wildman–Crippen MR) is 147 cm³/mol. The van der Waals surface area contributed by atoms with E-state index in [2.05, 4.69) is 21.2 Å². The number of aliphatic hydroxyl groups excluding tert-OH is 1. The number of aliphatic hydroxyl groups is 1. The molecule has 2 amide bonds. The zero-order valence-corrected chi connectivity index (χ0v) is 23.3. The summed E-state index contributed by atoms with van der Waals surface area (Å²) in [6.45, 7) is 3.32. The fraction of sp³-hybridized carbons (Fsp3) is 0.308. The molecule has 2 aromatic carbocycles. The Bertz CT molecular complexity index is 1340. The molecule has 0 aliphatic carbocycles. The Labute approximate surface area is 240 Å². The Hall–Kier alpha value is -4.18. The van der Waals surface area contributed by atoms with E-state index in [0.29, 0.717) is 34.9 Å². The van der Waals surface area contributed by atoms with E-state index in [1.165, 1.54) is 25.5 Å². The molecule has 2 atom stereocenters. The number of nitrogens with one attached hydrogen (secondary N) is 3. The minimum absolute atomic E-state index is 0.190. The summed E-state index contributed by atoms with van der Waals surface area (Å²) in [5, 5.41) is 28.6. The van der Waals surface area contributed by atoms with Crippen molar-refractivity contribution in [2.45, 2.75) is 26.1 Å². The molecule has 2 aromatic rings.